The number of aliphatic hydroxyl groups excluding tert-OH is 1. The van der Waals surface area contributed by atoms with Gasteiger partial charge >= 0.3 is 11.9 Å². The summed E-state index contributed by atoms with van der Waals surface area (Å²) < 4.78 is 5.20. The van der Waals surface area contributed by atoms with E-state index < -0.39 is 65.3 Å². The van der Waals surface area contributed by atoms with E-state index in [0.717, 1.165) is 18.4 Å². The molecule has 0 unspecified atom stereocenters. The van der Waals surface area contributed by atoms with Crippen molar-refractivity contribution < 1.29 is 48.8 Å². The number of carboxylic acids is 1. The molecule has 0 spiro atoms. The van der Waals surface area contributed by atoms with Crippen molar-refractivity contribution in [3.05, 3.63) is 11.6 Å². The van der Waals surface area contributed by atoms with E-state index in [4.69, 9.17) is 9.84 Å². The van der Waals surface area contributed by atoms with Gasteiger partial charge in [0.2, 0.25) is 17.6 Å². The van der Waals surface area contributed by atoms with Crippen LogP contribution in [0.4, 0.5) is 0 Å². The molecule has 0 heterocycles. The highest BCUT2D eigenvalue weighted by atomic mass is 32.1. The van der Waals surface area contributed by atoms with Crippen molar-refractivity contribution in [3.8, 4) is 0 Å². The SMILES string of the molecule is CC(C)[C@H](NC(=O)CCC(=O)OCC(=O)[C@@]1(O)CC[C@H]2[C@@H]3CCC4=CC(=O)CC[C@]4(C)[C@H]3[C@H](O)C[C@@]21C)C(=O)N[C@@H](CS)C(=O)O. The zero-order valence-corrected chi connectivity index (χ0v) is 27.9. The van der Waals surface area contributed by atoms with E-state index in [-0.39, 0.29) is 66.3 Å². The number of Topliss-reactive ketones (excluding diaryl/α,β-unsaturated/α-hetero) is 1. The first-order valence-corrected chi connectivity index (χ1v) is 16.9. The topological polar surface area (TPSA) is 196 Å². The third-order valence-electron chi connectivity index (χ3n) is 11.5. The van der Waals surface area contributed by atoms with Gasteiger partial charge < -0.3 is 30.7 Å². The van der Waals surface area contributed by atoms with Gasteiger partial charge in [-0.15, -0.1) is 0 Å². The first kappa shape index (κ1) is 36.1. The molecule has 5 N–H and O–H groups in total. The minimum atomic E-state index is -1.79. The highest BCUT2D eigenvalue weighted by molar-refractivity contribution is 7.80. The molecule has 13 heteroatoms. The second kappa shape index (κ2) is 13.8. The molecule has 3 fully saturated rings. The Kier molecular flexibility index (Phi) is 10.8. The largest absolute Gasteiger partial charge is 0.480 e. The fourth-order valence-corrected chi connectivity index (χ4v) is 9.18. The summed E-state index contributed by atoms with van der Waals surface area (Å²) >= 11 is 3.92. The molecule has 3 saturated carbocycles. The van der Waals surface area contributed by atoms with E-state index in [0.29, 0.717) is 19.3 Å². The van der Waals surface area contributed by atoms with Crippen molar-refractivity contribution in [3.63, 3.8) is 0 Å². The zero-order chi connectivity index (χ0) is 34.2. The maximum Gasteiger partial charge on any atom is 0.327 e. The number of hydrogen-bond acceptors (Lipinski definition) is 10. The minimum Gasteiger partial charge on any atom is -0.480 e. The molecule has 0 radical (unpaired) electrons. The first-order chi connectivity index (χ1) is 21.5. The number of allylic oxidation sites excluding steroid dienone is 1. The predicted octanol–water partition coefficient (Wildman–Crippen LogP) is 1.75. The smallest absolute Gasteiger partial charge is 0.327 e. The number of thiol groups is 1. The molecule has 0 aliphatic heterocycles. The highest BCUT2D eigenvalue weighted by Gasteiger charge is 2.68. The summed E-state index contributed by atoms with van der Waals surface area (Å²) in [6, 6.07) is -2.27. The predicted molar refractivity (Wildman–Crippen MR) is 168 cm³/mol. The van der Waals surface area contributed by atoms with Gasteiger partial charge in [-0.25, -0.2) is 4.79 Å². The van der Waals surface area contributed by atoms with Crippen molar-refractivity contribution in [1.29, 1.82) is 0 Å². The number of amides is 2. The molecule has 256 valence electrons. The monoisotopic (exact) mass is 664 g/mol. The number of ether oxygens (including phenoxy) is 1. The molecule has 9 atom stereocenters. The summed E-state index contributed by atoms with van der Waals surface area (Å²) in [5.74, 6) is -4.45. The molecule has 0 saturated heterocycles. The molecule has 4 aliphatic rings. The Bertz CT molecular complexity index is 1300. The number of carbonyl (C=O) groups excluding carboxylic acids is 5. The Morgan fingerprint density at radius 2 is 1.76 bits per heavy atom. The van der Waals surface area contributed by atoms with Gasteiger partial charge in [0.1, 0.15) is 17.7 Å². The van der Waals surface area contributed by atoms with Crippen LogP contribution < -0.4 is 10.6 Å². The number of esters is 1. The van der Waals surface area contributed by atoms with Crippen LogP contribution in [0, 0.1) is 34.5 Å². The third-order valence-corrected chi connectivity index (χ3v) is 11.9. The molecule has 0 aromatic heterocycles. The van der Waals surface area contributed by atoms with Crippen LogP contribution in [0.2, 0.25) is 0 Å². The van der Waals surface area contributed by atoms with E-state index in [1.807, 2.05) is 6.92 Å². The van der Waals surface area contributed by atoms with E-state index >= 15 is 0 Å². The van der Waals surface area contributed by atoms with Crippen molar-refractivity contribution in [2.45, 2.75) is 109 Å². The van der Waals surface area contributed by atoms with Crippen LogP contribution in [0.15, 0.2) is 11.6 Å². The number of hydrogen-bond donors (Lipinski definition) is 6. The molecule has 0 aromatic carbocycles. The maximum absolute atomic E-state index is 13.5. The van der Waals surface area contributed by atoms with E-state index in [9.17, 15) is 39.0 Å². The van der Waals surface area contributed by atoms with E-state index in [1.54, 1.807) is 19.9 Å². The average Bonchev–Trinajstić information content (AvgIpc) is 3.26. The molecule has 46 heavy (non-hydrogen) atoms. The molecule has 4 aliphatic carbocycles. The lowest BCUT2D eigenvalue weighted by atomic mass is 9.45. The average molecular weight is 665 g/mol. The number of carboxylic acid groups (broad SMARTS) is 1. The van der Waals surface area contributed by atoms with Gasteiger partial charge in [-0.3, -0.25) is 24.0 Å². The fourth-order valence-electron chi connectivity index (χ4n) is 8.93. The number of aliphatic carboxylic acids is 1. The van der Waals surface area contributed by atoms with Gasteiger partial charge in [-0.2, -0.15) is 12.6 Å². The minimum absolute atomic E-state index is 0.0186. The lowest BCUT2D eigenvalue weighted by molar-refractivity contribution is -0.184. The second-order valence-electron chi connectivity index (χ2n) is 14.4. The Morgan fingerprint density at radius 1 is 1.07 bits per heavy atom. The Morgan fingerprint density at radius 3 is 2.39 bits per heavy atom. The quantitative estimate of drug-likeness (QED) is 0.132. The van der Waals surface area contributed by atoms with Crippen molar-refractivity contribution >= 4 is 47.9 Å². The summed E-state index contributed by atoms with van der Waals surface area (Å²) in [6.07, 6.45) is 3.94. The normalized spacial score (nSPS) is 34.7. The summed E-state index contributed by atoms with van der Waals surface area (Å²) in [5, 5.41) is 37.4. The summed E-state index contributed by atoms with van der Waals surface area (Å²) in [7, 11) is 0. The van der Waals surface area contributed by atoms with Crippen molar-refractivity contribution in [2.24, 2.45) is 34.5 Å². The summed E-state index contributed by atoms with van der Waals surface area (Å²) in [5.41, 5.74) is -1.91. The third kappa shape index (κ3) is 6.64. The molecule has 12 nitrogen and oxygen atoms in total. The standard InChI is InChI=1S/C33H48N2O10S/c1-17(2)28(29(41)34-22(16-46)30(42)43)35-25(39)7-8-26(40)45-15-24(38)33(44)12-10-21-20-6-5-18-13-19(36)9-11-31(18,3)27(20)23(37)14-32(21,33)4/h13,17,20-23,27-28,37,44,46H,5-12,14-16H2,1-4H3,(H,34,41)(H,35,39)(H,42,43)/t20-,21-,22-,23+,27+,28-,31-,32-,33-/m0/s1. The van der Waals surface area contributed by atoms with Crippen molar-refractivity contribution in [2.75, 3.05) is 12.4 Å². The fraction of sp³-hybridized carbons (Fsp3) is 0.758. The molecule has 0 bridgehead atoms. The summed E-state index contributed by atoms with van der Waals surface area (Å²) in [4.78, 5) is 74.5. The van der Waals surface area contributed by atoms with Gasteiger partial charge in [0.05, 0.1) is 12.5 Å². The Labute approximate surface area is 274 Å². The summed E-state index contributed by atoms with van der Waals surface area (Å²) in [6.45, 7) is 6.66. The Balaban J connectivity index is 1.33. The number of aliphatic hydroxyl groups is 2. The zero-order valence-electron chi connectivity index (χ0n) is 27.0. The van der Waals surface area contributed by atoms with Gasteiger partial charge in [0.25, 0.3) is 0 Å². The van der Waals surface area contributed by atoms with Crippen molar-refractivity contribution in [1.82, 2.24) is 10.6 Å². The van der Waals surface area contributed by atoms with Crippen LogP contribution in [-0.2, 0) is 33.5 Å². The van der Waals surface area contributed by atoms with E-state index in [1.165, 1.54) is 0 Å². The molecular weight excluding hydrogens is 616 g/mol. The number of rotatable bonds is 12. The van der Waals surface area contributed by atoms with Gasteiger partial charge in [0.15, 0.2) is 12.4 Å². The second-order valence-corrected chi connectivity index (χ2v) is 14.8. The van der Waals surface area contributed by atoms with Crippen LogP contribution in [0.5, 0.6) is 0 Å². The first-order valence-electron chi connectivity index (χ1n) is 16.2. The number of fused-ring (bicyclic) bond motifs is 5. The highest BCUT2D eigenvalue weighted by Crippen LogP contribution is 2.67. The van der Waals surface area contributed by atoms with Gasteiger partial charge in [0, 0.05) is 24.0 Å². The lowest BCUT2D eigenvalue weighted by Crippen LogP contribution is -2.62. The van der Waals surface area contributed by atoms with Crippen LogP contribution >= 0.6 is 12.6 Å². The lowest BCUT2D eigenvalue weighted by Gasteiger charge is -2.60. The number of ketones is 2. The number of nitrogens with one attached hydrogen (secondary N) is 2. The molecular formula is C33H48N2O10S. The molecule has 4 rings (SSSR count). The Hall–Kier alpha value is -2.77. The molecule has 2 amide bonds. The van der Waals surface area contributed by atoms with Gasteiger partial charge in [-0.1, -0.05) is 33.3 Å². The van der Waals surface area contributed by atoms with E-state index in [2.05, 4.69) is 30.2 Å². The van der Waals surface area contributed by atoms with Crippen LogP contribution in [0.25, 0.3) is 0 Å². The molecule has 0 aromatic rings. The van der Waals surface area contributed by atoms with Gasteiger partial charge in [-0.05, 0) is 73.7 Å². The maximum atomic E-state index is 13.5. The van der Waals surface area contributed by atoms with Crippen LogP contribution in [0.3, 0.4) is 0 Å². The van der Waals surface area contributed by atoms with Crippen LogP contribution in [0.1, 0.15) is 85.5 Å². The van der Waals surface area contributed by atoms with Crippen LogP contribution in [-0.4, -0.2) is 86.8 Å². The number of carbonyl (C=O) groups is 6.